The maximum absolute atomic E-state index is 10.1. The Morgan fingerprint density at radius 3 is 2.82 bits per heavy atom. The minimum Gasteiger partial charge on any atom is -0.404 e. The van der Waals surface area contributed by atoms with Crippen molar-refractivity contribution in [1.29, 1.82) is 0 Å². The van der Waals surface area contributed by atoms with Crippen LogP contribution >= 0.6 is 0 Å². The second kappa shape index (κ2) is 2.87. The van der Waals surface area contributed by atoms with Gasteiger partial charge < -0.3 is 10.2 Å². The van der Waals surface area contributed by atoms with Crippen LogP contribution in [0.2, 0.25) is 0 Å². The first kappa shape index (κ1) is 7.33. The highest BCUT2D eigenvalue weighted by atomic mass is 16.6. The molecule has 58 valence electrons. The van der Waals surface area contributed by atoms with E-state index in [-0.39, 0.29) is 5.88 Å². The van der Waals surface area contributed by atoms with E-state index < -0.39 is 4.92 Å². The van der Waals surface area contributed by atoms with Gasteiger partial charge in [0.15, 0.2) is 0 Å². The number of hydrogen-bond acceptors (Lipinski definition) is 4. The summed E-state index contributed by atoms with van der Waals surface area (Å²) in [5, 5.41) is 10.1. The molecular weight excluding hydrogens is 148 g/mol. The van der Waals surface area contributed by atoms with Crippen LogP contribution in [-0.4, -0.2) is 4.92 Å². The topological polar surface area (TPSA) is 82.3 Å². The third-order valence-electron chi connectivity index (χ3n) is 1.05. The number of nitrogens with two attached hydrogens (primary N) is 1. The zero-order valence-electron chi connectivity index (χ0n) is 5.56. The highest BCUT2D eigenvalue weighted by Crippen LogP contribution is 2.15. The van der Waals surface area contributed by atoms with Crippen molar-refractivity contribution < 1.29 is 9.34 Å². The van der Waals surface area contributed by atoms with Crippen molar-refractivity contribution in [2.75, 3.05) is 0 Å². The molecule has 5 heteroatoms. The summed E-state index contributed by atoms with van der Waals surface area (Å²) >= 11 is 0. The molecule has 0 aliphatic carbocycles. The fourth-order valence-electron chi connectivity index (χ4n) is 0.625. The molecule has 0 spiro atoms. The predicted octanol–water partition coefficient (Wildman–Crippen LogP) is 1.12. The minimum absolute atomic E-state index is 0.280. The van der Waals surface area contributed by atoms with Gasteiger partial charge in [0.05, 0.1) is 6.07 Å². The maximum atomic E-state index is 10.1. The number of furan rings is 1. The second-order valence-corrected chi connectivity index (χ2v) is 1.79. The molecule has 0 saturated carbocycles. The van der Waals surface area contributed by atoms with Crippen LogP contribution in [0.1, 0.15) is 5.76 Å². The minimum atomic E-state index is -0.603. The Kier molecular flexibility index (Phi) is 1.91. The van der Waals surface area contributed by atoms with E-state index in [1.54, 1.807) is 0 Å². The summed E-state index contributed by atoms with van der Waals surface area (Å²) in [6.45, 7) is 0. The van der Waals surface area contributed by atoms with E-state index in [0.29, 0.717) is 5.76 Å². The number of hydrogen-bond donors (Lipinski definition) is 1. The standard InChI is InChI=1S/C6H6N2O3/c7-4-3-5-1-2-6(11-5)8(9)10/h1-4H,7H2/b4-3-. The molecule has 0 radical (unpaired) electrons. The summed E-state index contributed by atoms with van der Waals surface area (Å²) in [7, 11) is 0. The lowest BCUT2D eigenvalue weighted by Crippen LogP contribution is -1.82. The lowest BCUT2D eigenvalue weighted by Gasteiger charge is -1.81. The summed E-state index contributed by atoms with van der Waals surface area (Å²) in [6.07, 6.45) is 2.69. The molecular formula is C6H6N2O3. The summed E-state index contributed by atoms with van der Waals surface area (Å²) in [4.78, 5) is 9.47. The van der Waals surface area contributed by atoms with Gasteiger partial charge in [-0.25, -0.2) is 0 Å². The number of rotatable bonds is 2. The van der Waals surface area contributed by atoms with Gasteiger partial charge in [-0.1, -0.05) is 0 Å². The fourth-order valence-corrected chi connectivity index (χ4v) is 0.625. The van der Waals surface area contributed by atoms with Crippen molar-refractivity contribution in [3.8, 4) is 0 Å². The highest BCUT2D eigenvalue weighted by Gasteiger charge is 2.09. The van der Waals surface area contributed by atoms with E-state index in [0.717, 1.165) is 0 Å². The molecule has 0 saturated heterocycles. The molecule has 1 rings (SSSR count). The van der Waals surface area contributed by atoms with E-state index >= 15 is 0 Å². The van der Waals surface area contributed by atoms with E-state index in [2.05, 4.69) is 0 Å². The van der Waals surface area contributed by atoms with Gasteiger partial charge in [0, 0.05) is 0 Å². The van der Waals surface area contributed by atoms with Crippen LogP contribution in [0, 0.1) is 10.1 Å². The van der Waals surface area contributed by atoms with Crippen molar-refractivity contribution in [2.45, 2.75) is 0 Å². The Balaban J connectivity index is 2.90. The highest BCUT2D eigenvalue weighted by molar-refractivity contribution is 5.43. The Labute approximate surface area is 62.3 Å². The van der Waals surface area contributed by atoms with Crippen LogP contribution in [0.3, 0.4) is 0 Å². The van der Waals surface area contributed by atoms with Crippen LogP contribution in [-0.2, 0) is 0 Å². The van der Waals surface area contributed by atoms with Crippen molar-refractivity contribution >= 4 is 12.0 Å². The number of nitrogens with zero attached hydrogens (tertiary/aromatic N) is 1. The normalized spacial score (nSPS) is 10.5. The Morgan fingerprint density at radius 2 is 2.36 bits per heavy atom. The van der Waals surface area contributed by atoms with Crippen LogP contribution in [0.4, 0.5) is 5.88 Å². The van der Waals surface area contributed by atoms with Gasteiger partial charge in [-0.2, -0.15) is 0 Å². The van der Waals surface area contributed by atoms with Crippen molar-refractivity contribution in [3.63, 3.8) is 0 Å². The quantitative estimate of drug-likeness (QED) is 0.511. The fraction of sp³-hybridized carbons (Fsp3) is 0. The van der Waals surface area contributed by atoms with Gasteiger partial charge in [-0.3, -0.25) is 10.1 Å². The molecule has 1 heterocycles. The Hall–Kier alpha value is -1.78. The van der Waals surface area contributed by atoms with Gasteiger partial charge in [0.1, 0.15) is 10.7 Å². The Bertz CT molecular complexity index is 290. The molecule has 0 amide bonds. The number of nitro groups is 1. The smallest absolute Gasteiger partial charge is 0.404 e. The summed E-state index contributed by atoms with van der Waals surface area (Å²) in [5.41, 5.74) is 5.04. The summed E-state index contributed by atoms with van der Waals surface area (Å²) in [6, 6.07) is 2.75. The van der Waals surface area contributed by atoms with Gasteiger partial charge >= 0.3 is 5.88 Å². The monoisotopic (exact) mass is 154 g/mol. The largest absolute Gasteiger partial charge is 0.433 e. The third-order valence-corrected chi connectivity index (χ3v) is 1.05. The molecule has 1 aromatic rings. The predicted molar refractivity (Wildman–Crippen MR) is 38.6 cm³/mol. The van der Waals surface area contributed by atoms with Crippen molar-refractivity contribution in [2.24, 2.45) is 5.73 Å². The zero-order valence-corrected chi connectivity index (χ0v) is 5.56. The molecule has 0 aliphatic rings. The third kappa shape index (κ3) is 1.57. The van der Waals surface area contributed by atoms with Crippen LogP contribution in [0.25, 0.3) is 6.08 Å². The van der Waals surface area contributed by atoms with E-state index in [4.69, 9.17) is 10.2 Å². The van der Waals surface area contributed by atoms with Crippen molar-refractivity contribution in [3.05, 3.63) is 34.2 Å². The molecule has 1 aromatic heterocycles. The molecule has 5 nitrogen and oxygen atoms in total. The van der Waals surface area contributed by atoms with Gasteiger partial charge in [0.2, 0.25) is 0 Å². The first-order chi connectivity index (χ1) is 5.24. The first-order valence-electron chi connectivity index (χ1n) is 2.86. The van der Waals surface area contributed by atoms with Gasteiger partial charge in [-0.05, 0) is 18.3 Å². The molecule has 0 aliphatic heterocycles. The van der Waals surface area contributed by atoms with E-state index in [1.807, 2.05) is 0 Å². The zero-order chi connectivity index (χ0) is 8.27. The first-order valence-corrected chi connectivity index (χ1v) is 2.86. The molecule has 0 unspecified atom stereocenters. The van der Waals surface area contributed by atoms with E-state index in [9.17, 15) is 10.1 Å². The lowest BCUT2D eigenvalue weighted by atomic mass is 10.4. The maximum Gasteiger partial charge on any atom is 0.433 e. The van der Waals surface area contributed by atoms with Crippen LogP contribution < -0.4 is 5.73 Å². The molecule has 2 N–H and O–H groups in total. The molecule has 0 fully saturated rings. The van der Waals surface area contributed by atoms with Crippen molar-refractivity contribution in [1.82, 2.24) is 0 Å². The van der Waals surface area contributed by atoms with Crippen LogP contribution in [0.5, 0.6) is 0 Å². The lowest BCUT2D eigenvalue weighted by molar-refractivity contribution is -0.402. The molecule has 0 aromatic carbocycles. The Morgan fingerprint density at radius 1 is 1.64 bits per heavy atom. The summed E-state index contributed by atoms with van der Waals surface area (Å²) in [5.74, 6) is 0.0947. The SMILES string of the molecule is N/C=C\c1ccc([N+](=O)[O-])o1. The molecule has 11 heavy (non-hydrogen) atoms. The summed E-state index contributed by atoms with van der Waals surface area (Å²) < 4.78 is 4.72. The average molecular weight is 154 g/mol. The second-order valence-electron chi connectivity index (χ2n) is 1.79. The van der Waals surface area contributed by atoms with Gasteiger partial charge in [0.25, 0.3) is 0 Å². The molecule has 0 bridgehead atoms. The van der Waals surface area contributed by atoms with Crippen LogP contribution in [0.15, 0.2) is 22.7 Å². The van der Waals surface area contributed by atoms with E-state index in [1.165, 1.54) is 24.4 Å². The van der Waals surface area contributed by atoms with Gasteiger partial charge in [-0.15, -0.1) is 0 Å². The molecule has 0 atom stereocenters. The average Bonchev–Trinajstić information content (AvgIpc) is 2.37.